The zero-order valence-corrected chi connectivity index (χ0v) is 9.14. The Hall–Kier alpha value is 1.30. The van der Waals surface area contributed by atoms with Crippen molar-refractivity contribution in [1.29, 1.82) is 0 Å². The van der Waals surface area contributed by atoms with Gasteiger partial charge in [0, 0.05) is 52.7 Å². The van der Waals surface area contributed by atoms with Crippen LogP contribution in [0.3, 0.4) is 0 Å². The quantitative estimate of drug-likeness (QED) is 0.471. The van der Waals surface area contributed by atoms with Gasteiger partial charge in [-0.3, -0.25) is 0 Å². The summed E-state index contributed by atoms with van der Waals surface area (Å²) < 4.78 is 4.40. The summed E-state index contributed by atoms with van der Waals surface area (Å²) in [4.78, 5) is 0. The van der Waals surface area contributed by atoms with Crippen molar-refractivity contribution < 1.29 is 41.6 Å². The fourth-order valence-corrected chi connectivity index (χ4v) is 0. The number of hydrogen-bond donors (Lipinski definition) is 0. The molecular formula is C4H11OPV2-2. The van der Waals surface area contributed by atoms with Gasteiger partial charge in [-0.25, -0.2) is 0 Å². The molecule has 0 N–H and O–H groups in total. The molecule has 50 valence electrons. The van der Waals surface area contributed by atoms with Crippen LogP contribution in [0.25, 0.3) is 0 Å². The SMILES string of the molecule is C=POC.[CH3-].[CH3-].[V].[V]. The molecule has 8 heavy (non-hydrogen) atoms. The van der Waals surface area contributed by atoms with Crippen LogP contribution in [0.1, 0.15) is 0 Å². The predicted molar refractivity (Wildman–Crippen MR) is 33.9 cm³/mol. The molecule has 0 fully saturated rings. The molecular weight excluding hydrogens is 197 g/mol. The summed E-state index contributed by atoms with van der Waals surface area (Å²) in [5.74, 6) is 0. The first-order valence-corrected chi connectivity index (χ1v) is 1.90. The average Bonchev–Trinajstić information content (AvgIpc) is 1.37. The molecule has 0 rings (SSSR count). The normalized spacial score (nSPS) is 4.12. The second kappa shape index (κ2) is 40.6. The van der Waals surface area contributed by atoms with Gasteiger partial charge in [-0.1, -0.05) is 0 Å². The van der Waals surface area contributed by atoms with E-state index < -0.39 is 0 Å². The fourth-order valence-electron chi connectivity index (χ4n) is 0. The van der Waals surface area contributed by atoms with Crippen LogP contribution in [0.4, 0.5) is 0 Å². The van der Waals surface area contributed by atoms with Gasteiger partial charge in [0.05, 0.1) is 0 Å². The summed E-state index contributed by atoms with van der Waals surface area (Å²) in [5, 5.41) is 0. The van der Waals surface area contributed by atoms with E-state index >= 15 is 0 Å². The summed E-state index contributed by atoms with van der Waals surface area (Å²) in [6.07, 6.45) is 3.35. The maximum atomic E-state index is 4.40. The molecule has 0 saturated carbocycles. The Morgan fingerprint density at radius 1 is 1.25 bits per heavy atom. The van der Waals surface area contributed by atoms with Crippen molar-refractivity contribution in [2.24, 2.45) is 0 Å². The summed E-state index contributed by atoms with van der Waals surface area (Å²) >= 11 is 0. The summed E-state index contributed by atoms with van der Waals surface area (Å²) in [5.41, 5.74) is 0. The molecule has 0 saturated heterocycles. The van der Waals surface area contributed by atoms with Crippen LogP contribution in [0, 0.1) is 14.9 Å². The van der Waals surface area contributed by atoms with Crippen molar-refractivity contribution in [3.05, 3.63) is 14.9 Å². The molecule has 0 aromatic rings. The van der Waals surface area contributed by atoms with Crippen molar-refractivity contribution in [1.82, 2.24) is 0 Å². The van der Waals surface area contributed by atoms with Gasteiger partial charge in [0.2, 0.25) is 0 Å². The van der Waals surface area contributed by atoms with Gasteiger partial charge in [-0.15, -0.1) is 0 Å². The zero-order valence-electron chi connectivity index (χ0n) is 5.46. The summed E-state index contributed by atoms with van der Waals surface area (Å²) in [6.45, 7) is 0. The Morgan fingerprint density at radius 2 is 1.38 bits per heavy atom. The van der Waals surface area contributed by atoms with Gasteiger partial charge >= 0.3 is 0 Å². The molecule has 1 nitrogen and oxygen atoms in total. The zero-order chi connectivity index (χ0) is 3.41. The van der Waals surface area contributed by atoms with E-state index in [1.54, 1.807) is 7.11 Å². The topological polar surface area (TPSA) is 9.23 Å². The Kier molecular flexibility index (Phi) is 176. The van der Waals surface area contributed by atoms with E-state index in [1.807, 2.05) is 0 Å². The van der Waals surface area contributed by atoms with Crippen LogP contribution < -0.4 is 0 Å². The van der Waals surface area contributed by atoms with Crippen LogP contribution in [0.5, 0.6) is 0 Å². The fraction of sp³-hybridized carbons (Fsp3) is 0.250. The van der Waals surface area contributed by atoms with Crippen LogP contribution in [-0.2, 0) is 41.6 Å². The van der Waals surface area contributed by atoms with E-state index in [0.717, 1.165) is 8.43 Å². The summed E-state index contributed by atoms with van der Waals surface area (Å²) in [7, 11) is 2.35. The standard InChI is InChI=1S/C2H5OP.2CH3.2V/c1-3-4-2;;;;/h2H2,1H3;2*1H3;;/q;2*-1;;. The minimum atomic E-state index is 0. The second-order valence-corrected chi connectivity index (χ2v) is 0.935. The molecule has 0 aliphatic carbocycles. The third-order valence-electron chi connectivity index (χ3n) is 0.129. The summed E-state index contributed by atoms with van der Waals surface area (Å²) in [6, 6.07) is 0. The first-order valence-electron chi connectivity index (χ1n) is 0.907. The molecule has 4 heteroatoms. The molecule has 0 bridgehead atoms. The van der Waals surface area contributed by atoms with E-state index in [-0.39, 0.29) is 52.0 Å². The van der Waals surface area contributed by atoms with Crippen molar-refractivity contribution in [3.63, 3.8) is 0 Å². The van der Waals surface area contributed by atoms with E-state index in [4.69, 9.17) is 0 Å². The molecule has 0 aliphatic heterocycles. The number of rotatable bonds is 1. The Bertz CT molecular complexity index is 28.0. The second-order valence-electron chi connectivity index (χ2n) is 0.312. The van der Waals surface area contributed by atoms with E-state index in [0.29, 0.717) is 0 Å². The molecule has 0 amide bonds. The smallest absolute Gasteiger partial charge is 0.0472 e. The third kappa shape index (κ3) is 54.8. The predicted octanol–water partition coefficient (Wildman–Crippen LogP) is 1.82. The van der Waals surface area contributed by atoms with Gasteiger partial charge in [0.15, 0.2) is 0 Å². The average molecular weight is 208 g/mol. The van der Waals surface area contributed by atoms with Crippen molar-refractivity contribution >= 4 is 14.7 Å². The van der Waals surface area contributed by atoms with Crippen LogP contribution in [0.2, 0.25) is 0 Å². The Balaban J connectivity index is -0.00000000750. The van der Waals surface area contributed by atoms with Crippen LogP contribution in [-0.4, -0.2) is 13.4 Å². The van der Waals surface area contributed by atoms with E-state index in [2.05, 4.69) is 10.8 Å². The monoisotopic (exact) mass is 208 g/mol. The minimum Gasteiger partial charge on any atom is -0.358 e. The largest absolute Gasteiger partial charge is 0.358 e. The first-order chi connectivity index (χ1) is 1.91. The molecule has 0 heterocycles. The molecule has 0 aliphatic rings. The van der Waals surface area contributed by atoms with E-state index in [9.17, 15) is 0 Å². The molecule has 0 aromatic heterocycles. The van der Waals surface area contributed by atoms with Gasteiger partial charge < -0.3 is 19.4 Å². The Morgan fingerprint density at radius 3 is 1.38 bits per heavy atom. The van der Waals surface area contributed by atoms with Gasteiger partial charge in [0.25, 0.3) is 0 Å². The number of hydrogen-bond acceptors (Lipinski definition) is 1. The van der Waals surface area contributed by atoms with E-state index in [1.165, 1.54) is 0 Å². The van der Waals surface area contributed by atoms with Gasteiger partial charge in [-0.2, -0.15) is 0 Å². The van der Waals surface area contributed by atoms with Crippen molar-refractivity contribution in [3.8, 4) is 0 Å². The van der Waals surface area contributed by atoms with Gasteiger partial charge in [-0.05, 0) is 6.30 Å². The molecule has 2 radical (unpaired) electrons. The van der Waals surface area contributed by atoms with Crippen molar-refractivity contribution in [2.45, 2.75) is 0 Å². The molecule has 0 atom stereocenters. The maximum absolute atomic E-state index is 4.40. The van der Waals surface area contributed by atoms with Crippen molar-refractivity contribution in [2.75, 3.05) is 7.11 Å². The first kappa shape index (κ1) is 34.7. The van der Waals surface area contributed by atoms with Gasteiger partial charge in [0.1, 0.15) is 0 Å². The molecule has 0 unspecified atom stereocenters. The third-order valence-corrected chi connectivity index (χ3v) is 0.387. The molecule has 0 spiro atoms. The maximum Gasteiger partial charge on any atom is 0.0472 e. The Labute approximate surface area is 78.2 Å². The molecule has 0 aromatic carbocycles. The van der Waals surface area contributed by atoms with Crippen LogP contribution in [0.15, 0.2) is 0 Å². The van der Waals surface area contributed by atoms with Crippen LogP contribution >= 0.6 is 8.43 Å². The minimum absolute atomic E-state index is 0.